The molecule has 0 saturated heterocycles. The van der Waals surface area contributed by atoms with Crippen LogP contribution in [0.15, 0.2) is 6.07 Å². The molecule has 0 bridgehead atoms. The quantitative estimate of drug-likeness (QED) is 0.685. The minimum atomic E-state index is 0.258. The molecule has 108 valence electrons. The van der Waals surface area contributed by atoms with Gasteiger partial charge in [0, 0.05) is 15.3 Å². The molecule has 1 rings (SSSR count). The van der Waals surface area contributed by atoms with E-state index in [9.17, 15) is 4.79 Å². The van der Waals surface area contributed by atoms with Crippen molar-refractivity contribution in [2.45, 2.75) is 27.2 Å². The molecular weight excluding hydrogens is 256 g/mol. The molecule has 0 fully saturated rings. The number of Topliss-reactive ketones (excluding diaryl/α,β-unsaturated/α-hetero) is 1. The van der Waals surface area contributed by atoms with Crippen molar-refractivity contribution in [3.05, 3.63) is 21.4 Å². The van der Waals surface area contributed by atoms with Gasteiger partial charge in [0.15, 0.2) is 5.78 Å². The lowest BCUT2D eigenvalue weighted by Gasteiger charge is -2.20. The molecule has 1 heterocycles. The maximum Gasteiger partial charge on any atom is 0.177 e. The summed E-state index contributed by atoms with van der Waals surface area (Å²) < 4.78 is 0. The van der Waals surface area contributed by atoms with Gasteiger partial charge in [0.1, 0.15) is 0 Å². The van der Waals surface area contributed by atoms with Gasteiger partial charge in [-0.05, 0) is 60.1 Å². The third-order valence-corrected chi connectivity index (χ3v) is 4.20. The summed E-state index contributed by atoms with van der Waals surface area (Å²) in [7, 11) is 4.16. The predicted octanol–water partition coefficient (Wildman–Crippen LogP) is 2.82. The van der Waals surface area contributed by atoms with Gasteiger partial charge in [-0.15, -0.1) is 11.3 Å². The van der Waals surface area contributed by atoms with Gasteiger partial charge in [0.05, 0.1) is 6.54 Å². The summed E-state index contributed by atoms with van der Waals surface area (Å²) in [5, 5.41) is 0. The van der Waals surface area contributed by atoms with Crippen LogP contribution in [0.1, 0.15) is 33.5 Å². The third kappa shape index (κ3) is 5.43. The topological polar surface area (TPSA) is 23.6 Å². The second-order valence-electron chi connectivity index (χ2n) is 5.28. The highest BCUT2D eigenvalue weighted by Crippen LogP contribution is 2.21. The van der Waals surface area contributed by atoms with E-state index in [2.05, 4.69) is 37.7 Å². The van der Waals surface area contributed by atoms with Gasteiger partial charge >= 0.3 is 0 Å². The van der Waals surface area contributed by atoms with E-state index in [4.69, 9.17) is 0 Å². The van der Waals surface area contributed by atoms with Crippen molar-refractivity contribution in [2.75, 3.05) is 40.3 Å². The third-order valence-electron chi connectivity index (χ3n) is 3.24. The fraction of sp³-hybridized carbons (Fsp3) is 0.667. The van der Waals surface area contributed by atoms with Crippen molar-refractivity contribution in [3.63, 3.8) is 0 Å². The first-order chi connectivity index (χ1) is 8.93. The zero-order valence-electron chi connectivity index (χ0n) is 12.8. The van der Waals surface area contributed by atoms with E-state index in [0.717, 1.165) is 36.5 Å². The SMILES string of the molecule is CCN(CCCN(C)C)CC(=O)c1cc(C)sc1C. The molecule has 0 spiro atoms. The maximum atomic E-state index is 12.3. The van der Waals surface area contributed by atoms with Crippen LogP contribution in [0.5, 0.6) is 0 Å². The standard InChI is InChI=1S/C15H26N2OS/c1-6-17(9-7-8-16(4)5)11-15(18)14-10-12(2)19-13(14)3/h10H,6-9,11H2,1-5H3. The van der Waals surface area contributed by atoms with E-state index in [1.165, 1.54) is 4.88 Å². The highest BCUT2D eigenvalue weighted by atomic mass is 32.1. The van der Waals surface area contributed by atoms with Crippen LogP contribution in [-0.4, -0.2) is 55.9 Å². The summed E-state index contributed by atoms with van der Waals surface area (Å²) in [6.45, 7) is 9.75. The maximum absolute atomic E-state index is 12.3. The van der Waals surface area contributed by atoms with Crippen molar-refractivity contribution in [3.8, 4) is 0 Å². The molecule has 0 aliphatic heterocycles. The molecular formula is C15H26N2OS. The smallest absolute Gasteiger partial charge is 0.177 e. The van der Waals surface area contributed by atoms with Crippen LogP contribution < -0.4 is 0 Å². The Hall–Kier alpha value is -0.710. The minimum Gasteiger partial charge on any atom is -0.309 e. The Bertz CT molecular complexity index is 412. The molecule has 3 nitrogen and oxygen atoms in total. The number of hydrogen-bond donors (Lipinski definition) is 0. The Morgan fingerprint density at radius 1 is 1.26 bits per heavy atom. The van der Waals surface area contributed by atoms with Gasteiger partial charge in [-0.25, -0.2) is 0 Å². The van der Waals surface area contributed by atoms with Crippen LogP contribution in [0.25, 0.3) is 0 Å². The molecule has 0 aliphatic carbocycles. The van der Waals surface area contributed by atoms with Crippen molar-refractivity contribution in [1.82, 2.24) is 9.80 Å². The molecule has 1 aromatic heterocycles. The number of likely N-dealkylation sites (N-methyl/N-ethyl adjacent to an activating group) is 1. The average molecular weight is 282 g/mol. The van der Waals surface area contributed by atoms with E-state index in [1.54, 1.807) is 11.3 Å². The lowest BCUT2D eigenvalue weighted by Crippen LogP contribution is -2.32. The van der Waals surface area contributed by atoms with E-state index < -0.39 is 0 Å². The first kappa shape index (κ1) is 16.3. The van der Waals surface area contributed by atoms with Crippen LogP contribution in [0.2, 0.25) is 0 Å². The van der Waals surface area contributed by atoms with Crippen molar-refractivity contribution < 1.29 is 4.79 Å². The number of carbonyl (C=O) groups excluding carboxylic acids is 1. The highest BCUT2D eigenvalue weighted by molar-refractivity contribution is 7.12. The van der Waals surface area contributed by atoms with Crippen LogP contribution in [0.4, 0.5) is 0 Å². The molecule has 0 radical (unpaired) electrons. The molecule has 0 aromatic carbocycles. The number of carbonyl (C=O) groups is 1. The van der Waals surface area contributed by atoms with Gasteiger partial charge in [0.2, 0.25) is 0 Å². The summed E-state index contributed by atoms with van der Waals surface area (Å²) in [6, 6.07) is 2.02. The molecule has 19 heavy (non-hydrogen) atoms. The second-order valence-corrected chi connectivity index (χ2v) is 6.74. The Balaban J connectivity index is 2.51. The van der Waals surface area contributed by atoms with Crippen molar-refractivity contribution in [1.29, 1.82) is 0 Å². The number of ketones is 1. The molecule has 0 atom stereocenters. The summed E-state index contributed by atoms with van der Waals surface area (Å²) in [6.07, 6.45) is 1.11. The van der Waals surface area contributed by atoms with E-state index >= 15 is 0 Å². The number of hydrogen-bond acceptors (Lipinski definition) is 4. The molecule has 0 N–H and O–H groups in total. The van der Waals surface area contributed by atoms with Crippen molar-refractivity contribution in [2.24, 2.45) is 0 Å². The van der Waals surface area contributed by atoms with Gasteiger partial charge < -0.3 is 4.90 Å². The number of thiophene rings is 1. The van der Waals surface area contributed by atoms with Gasteiger partial charge in [-0.1, -0.05) is 6.92 Å². The molecule has 1 aromatic rings. The first-order valence-electron chi connectivity index (χ1n) is 6.91. The normalized spacial score (nSPS) is 11.5. The van der Waals surface area contributed by atoms with Crippen LogP contribution >= 0.6 is 11.3 Å². The molecule has 0 unspecified atom stereocenters. The average Bonchev–Trinajstić information content (AvgIpc) is 2.66. The van der Waals surface area contributed by atoms with E-state index in [1.807, 2.05) is 13.0 Å². The zero-order valence-corrected chi connectivity index (χ0v) is 13.6. The lowest BCUT2D eigenvalue weighted by molar-refractivity contribution is 0.0931. The minimum absolute atomic E-state index is 0.258. The first-order valence-corrected chi connectivity index (χ1v) is 7.73. The van der Waals surface area contributed by atoms with Crippen LogP contribution in [-0.2, 0) is 0 Å². The Morgan fingerprint density at radius 3 is 2.42 bits per heavy atom. The summed E-state index contributed by atoms with van der Waals surface area (Å²) in [5.41, 5.74) is 0.911. The predicted molar refractivity (Wildman–Crippen MR) is 83.4 cm³/mol. The number of aryl methyl sites for hydroxylation is 2. The second kappa shape index (κ2) is 7.78. The van der Waals surface area contributed by atoms with Crippen LogP contribution in [0, 0.1) is 13.8 Å². The van der Waals surface area contributed by atoms with Crippen LogP contribution in [0.3, 0.4) is 0 Å². The van der Waals surface area contributed by atoms with Gasteiger partial charge in [-0.3, -0.25) is 9.69 Å². The Kier molecular flexibility index (Phi) is 6.69. The monoisotopic (exact) mass is 282 g/mol. The number of nitrogens with zero attached hydrogens (tertiary/aromatic N) is 2. The van der Waals surface area contributed by atoms with Gasteiger partial charge in [0.25, 0.3) is 0 Å². The summed E-state index contributed by atoms with van der Waals surface area (Å²) >= 11 is 1.71. The van der Waals surface area contributed by atoms with E-state index in [0.29, 0.717) is 6.54 Å². The molecule has 0 amide bonds. The fourth-order valence-corrected chi connectivity index (χ4v) is 3.10. The largest absolute Gasteiger partial charge is 0.309 e. The molecule has 0 saturated carbocycles. The summed E-state index contributed by atoms with van der Waals surface area (Å²) in [5.74, 6) is 0.258. The fourth-order valence-electron chi connectivity index (χ4n) is 2.16. The van der Waals surface area contributed by atoms with E-state index in [-0.39, 0.29) is 5.78 Å². The highest BCUT2D eigenvalue weighted by Gasteiger charge is 2.15. The number of rotatable bonds is 8. The zero-order chi connectivity index (χ0) is 14.4. The lowest BCUT2D eigenvalue weighted by atomic mass is 10.1. The molecule has 4 heteroatoms. The Labute approximate surface area is 121 Å². The summed E-state index contributed by atoms with van der Waals surface area (Å²) in [4.78, 5) is 19.1. The molecule has 0 aliphatic rings. The van der Waals surface area contributed by atoms with Crippen molar-refractivity contribution >= 4 is 17.1 Å². The Morgan fingerprint density at radius 2 is 1.95 bits per heavy atom. The van der Waals surface area contributed by atoms with Gasteiger partial charge in [-0.2, -0.15) is 0 Å².